The fourth-order valence-electron chi connectivity index (χ4n) is 0.975. The number of hydrogen-bond acceptors (Lipinski definition) is 4. The van der Waals surface area contributed by atoms with E-state index < -0.39 is 26.8 Å². The van der Waals surface area contributed by atoms with Crippen molar-refractivity contribution in [2.24, 2.45) is 0 Å². The van der Waals surface area contributed by atoms with Gasteiger partial charge in [-0.15, -0.1) is 0 Å². The predicted octanol–water partition coefficient (Wildman–Crippen LogP) is 1.00. The molecule has 0 aromatic carbocycles. The van der Waals surface area contributed by atoms with E-state index in [4.69, 9.17) is 0 Å². The molecule has 0 aromatic heterocycles. The van der Waals surface area contributed by atoms with Gasteiger partial charge in [0.05, 0.1) is 0 Å². The first kappa shape index (κ1) is 14.3. The van der Waals surface area contributed by atoms with Crippen molar-refractivity contribution in [2.75, 3.05) is 0 Å². The van der Waals surface area contributed by atoms with Crippen molar-refractivity contribution in [3.63, 3.8) is 0 Å². The third-order valence-electron chi connectivity index (χ3n) is 1.54. The number of carbonyl (C=O) groups is 4. The van der Waals surface area contributed by atoms with E-state index in [-0.39, 0.29) is 23.1 Å². The van der Waals surface area contributed by atoms with Crippen LogP contribution in [-0.4, -0.2) is 23.1 Å². The maximum absolute atomic E-state index is 11.1. The van der Waals surface area contributed by atoms with Crippen LogP contribution in [0.2, 0.25) is 8.78 Å². The predicted molar refractivity (Wildman–Crippen MR) is 50.2 cm³/mol. The fourth-order valence-corrected chi connectivity index (χ4v) is 2.95. The Balaban J connectivity index is 4.77. The Hall–Kier alpha value is -0.658. The number of Topliss-reactive ketones (excluding diaryl/α,β-unsaturated/α-hetero) is 4. The minimum absolute atomic E-state index is 0.274. The average molecular weight is 305 g/mol. The number of rotatable bonds is 6. The molecular formula is C10H14O4Pd. The minimum atomic E-state index is -0.781. The Bertz CT molecular complexity index is 251. The summed E-state index contributed by atoms with van der Waals surface area (Å²) in [4.78, 5) is 44.5. The van der Waals surface area contributed by atoms with Crippen molar-refractivity contribution >= 4 is 23.1 Å². The molecule has 0 atom stereocenters. The standard InChI is InChI=1S/2C5H7O2.Pd/c2*1-4(6)3-5(2)7;/h2*3H,1-2H3;. The first-order chi connectivity index (χ1) is 6.77. The van der Waals surface area contributed by atoms with E-state index in [0.29, 0.717) is 0 Å². The van der Waals surface area contributed by atoms with Crippen molar-refractivity contribution < 1.29 is 37.2 Å². The van der Waals surface area contributed by atoms with E-state index in [2.05, 4.69) is 0 Å². The molecule has 88 valence electrons. The molecule has 0 aliphatic rings. The Labute approximate surface area is 97.0 Å². The molecule has 0 spiro atoms. The van der Waals surface area contributed by atoms with Crippen LogP contribution in [0.1, 0.15) is 27.7 Å². The van der Waals surface area contributed by atoms with Crippen LogP contribution in [0.4, 0.5) is 0 Å². The van der Waals surface area contributed by atoms with Crippen molar-refractivity contribution in [3.05, 3.63) is 0 Å². The van der Waals surface area contributed by atoms with Gasteiger partial charge >= 0.3 is 96.8 Å². The van der Waals surface area contributed by atoms with Crippen LogP contribution in [0.25, 0.3) is 0 Å². The van der Waals surface area contributed by atoms with Crippen molar-refractivity contribution in [3.8, 4) is 0 Å². The van der Waals surface area contributed by atoms with E-state index in [0.717, 1.165) is 0 Å². The number of hydrogen-bond donors (Lipinski definition) is 0. The molecule has 15 heavy (non-hydrogen) atoms. The van der Waals surface area contributed by atoms with Gasteiger partial charge in [-0.3, -0.25) is 0 Å². The Morgan fingerprint density at radius 3 is 1.00 bits per heavy atom. The zero-order chi connectivity index (χ0) is 12.2. The molecule has 0 saturated heterocycles. The van der Waals surface area contributed by atoms with Gasteiger partial charge < -0.3 is 0 Å². The summed E-state index contributed by atoms with van der Waals surface area (Å²) in [5.74, 6) is -1.10. The molecule has 0 bridgehead atoms. The summed E-state index contributed by atoms with van der Waals surface area (Å²) >= 11 is -0.480. The van der Waals surface area contributed by atoms with E-state index in [1.165, 1.54) is 27.7 Å². The van der Waals surface area contributed by atoms with E-state index in [1.54, 1.807) is 0 Å². The SMILES string of the molecule is CC(=O)[CH]([Pd][CH](C(C)=O)C(C)=O)C(C)=O. The van der Waals surface area contributed by atoms with E-state index in [9.17, 15) is 19.2 Å². The second-order valence-corrected chi connectivity index (χ2v) is 5.52. The van der Waals surface area contributed by atoms with Crippen LogP contribution in [0, 0.1) is 0 Å². The molecule has 0 aromatic rings. The maximum atomic E-state index is 11.1. The van der Waals surface area contributed by atoms with Gasteiger partial charge in [0.1, 0.15) is 0 Å². The zero-order valence-corrected chi connectivity index (χ0v) is 10.7. The molecule has 0 amide bonds. The molecule has 0 radical (unpaired) electrons. The Morgan fingerprint density at radius 2 is 0.867 bits per heavy atom. The van der Waals surface area contributed by atoms with Gasteiger partial charge in [0.2, 0.25) is 0 Å². The molecule has 0 aliphatic carbocycles. The van der Waals surface area contributed by atoms with E-state index in [1.807, 2.05) is 0 Å². The summed E-state index contributed by atoms with van der Waals surface area (Å²) in [6.45, 7) is 5.23. The first-order valence-corrected chi connectivity index (χ1v) is 6.13. The van der Waals surface area contributed by atoms with Gasteiger partial charge in [0.25, 0.3) is 0 Å². The zero-order valence-electron chi connectivity index (χ0n) is 9.10. The molecule has 0 N–H and O–H groups in total. The molecular weight excluding hydrogens is 291 g/mol. The number of ketones is 4. The fraction of sp³-hybridized carbons (Fsp3) is 0.600. The second-order valence-electron chi connectivity index (χ2n) is 3.20. The van der Waals surface area contributed by atoms with Crippen LogP contribution in [-0.2, 0) is 37.2 Å². The summed E-state index contributed by atoms with van der Waals surface area (Å²) in [7, 11) is 0. The molecule has 4 nitrogen and oxygen atoms in total. The molecule has 0 unspecified atom stereocenters. The Kier molecular flexibility index (Phi) is 5.78. The number of carbonyl (C=O) groups excluding carboxylic acids is 4. The van der Waals surface area contributed by atoms with Crippen LogP contribution >= 0.6 is 0 Å². The average Bonchev–Trinajstić information content (AvgIpc) is 2.01. The van der Waals surface area contributed by atoms with Crippen LogP contribution in [0.15, 0.2) is 0 Å². The van der Waals surface area contributed by atoms with Gasteiger partial charge in [-0.2, -0.15) is 0 Å². The first-order valence-electron chi connectivity index (χ1n) is 4.34. The summed E-state index contributed by atoms with van der Waals surface area (Å²) in [6.07, 6.45) is 0. The summed E-state index contributed by atoms with van der Waals surface area (Å²) < 4.78 is -1.56. The molecule has 0 fully saturated rings. The van der Waals surface area contributed by atoms with Crippen molar-refractivity contribution in [2.45, 2.75) is 36.5 Å². The van der Waals surface area contributed by atoms with Gasteiger partial charge in [0, 0.05) is 0 Å². The van der Waals surface area contributed by atoms with Crippen LogP contribution < -0.4 is 0 Å². The third kappa shape index (κ3) is 4.59. The topological polar surface area (TPSA) is 68.3 Å². The molecule has 0 aliphatic heterocycles. The van der Waals surface area contributed by atoms with Gasteiger partial charge in [0.15, 0.2) is 0 Å². The van der Waals surface area contributed by atoms with Crippen LogP contribution in [0.3, 0.4) is 0 Å². The third-order valence-corrected chi connectivity index (χ3v) is 5.10. The normalized spacial score (nSPS) is 10.8. The van der Waals surface area contributed by atoms with Gasteiger partial charge in [-0.05, 0) is 0 Å². The summed E-state index contributed by atoms with van der Waals surface area (Å²) in [5.41, 5.74) is 0. The monoisotopic (exact) mass is 304 g/mol. The molecule has 0 heterocycles. The molecule has 0 rings (SSSR count). The van der Waals surface area contributed by atoms with Crippen molar-refractivity contribution in [1.82, 2.24) is 0 Å². The van der Waals surface area contributed by atoms with Gasteiger partial charge in [-0.25, -0.2) is 0 Å². The van der Waals surface area contributed by atoms with Crippen LogP contribution in [0.5, 0.6) is 0 Å². The van der Waals surface area contributed by atoms with E-state index >= 15 is 0 Å². The quantitative estimate of drug-likeness (QED) is 0.542. The summed E-state index contributed by atoms with van der Waals surface area (Å²) in [5, 5.41) is 0. The second kappa shape index (κ2) is 6.04. The summed E-state index contributed by atoms with van der Waals surface area (Å²) in [6, 6.07) is 0. The Morgan fingerprint density at radius 1 is 0.667 bits per heavy atom. The van der Waals surface area contributed by atoms with Crippen molar-refractivity contribution in [1.29, 1.82) is 0 Å². The van der Waals surface area contributed by atoms with Gasteiger partial charge in [-0.1, -0.05) is 0 Å². The molecule has 5 heteroatoms. The molecule has 0 saturated carbocycles.